The first kappa shape index (κ1) is 13.5. The van der Waals surface area contributed by atoms with Gasteiger partial charge in [0.2, 0.25) is 0 Å². The van der Waals surface area contributed by atoms with Crippen LogP contribution in [0.25, 0.3) is 0 Å². The van der Waals surface area contributed by atoms with Gasteiger partial charge in [-0.1, -0.05) is 66.7 Å². The number of hydrogen-bond acceptors (Lipinski definition) is 0. The fraction of sp³-hybridized carbons (Fsp3) is 0.125. The second kappa shape index (κ2) is 8.60. The Morgan fingerprint density at radius 3 is 1.65 bits per heavy atom. The van der Waals surface area contributed by atoms with Crippen molar-refractivity contribution in [3.05, 3.63) is 84.4 Å². The molecule has 0 aliphatic heterocycles. The summed E-state index contributed by atoms with van der Waals surface area (Å²) in [7, 11) is 0. The molecule has 0 nitrogen and oxygen atoms in total. The third kappa shape index (κ3) is 5.94. The van der Waals surface area contributed by atoms with Crippen molar-refractivity contribution in [1.29, 1.82) is 0 Å². The van der Waals surface area contributed by atoms with E-state index in [2.05, 4.69) is 18.7 Å². The van der Waals surface area contributed by atoms with E-state index in [0.29, 0.717) is 5.88 Å². The predicted molar refractivity (Wildman–Crippen MR) is 76.3 cm³/mol. The van der Waals surface area contributed by atoms with Crippen molar-refractivity contribution >= 4 is 11.6 Å². The number of hydrogen-bond donors (Lipinski definition) is 0. The molecule has 0 aliphatic rings. The molecule has 0 N–H and O–H groups in total. The molecule has 0 saturated carbocycles. The van der Waals surface area contributed by atoms with Crippen molar-refractivity contribution in [2.45, 2.75) is 12.3 Å². The molecule has 0 atom stereocenters. The van der Waals surface area contributed by atoms with Gasteiger partial charge < -0.3 is 0 Å². The molecule has 0 fully saturated rings. The summed E-state index contributed by atoms with van der Waals surface area (Å²) < 4.78 is 0. The molecular formula is C16H17Cl. The maximum atomic E-state index is 5.53. The summed E-state index contributed by atoms with van der Waals surface area (Å²) in [6.45, 7) is 3.66. The molecule has 2 aromatic carbocycles. The van der Waals surface area contributed by atoms with E-state index in [4.69, 9.17) is 11.6 Å². The summed E-state index contributed by atoms with van der Waals surface area (Å²) >= 11 is 5.53. The zero-order valence-electron chi connectivity index (χ0n) is 9.85. The number of allylic oxidation sites excluding steroid dienone is 1. The summed E-state index contributed by atoms with van der Waals surface area (Å²) in [4.78, 5) is 0. The lowest BCUT2D eigenvalue weighted by atomic mass is 10.2. The molecule has 0 aromatic heterocycles. The Morgan fingerprint density at radius 1 is 0.824 bits per heavy atom. The van der Waals surface area contributed by atoms with E-state index in [-0.39, 0.29) is 0 Å². The lowest BCUT2D eigenvalue weighted by molar-refractivity contribution is 1.28. The van der Waals surface area contributed by atoms with E-state index in [0.717, 1.165) is 6.42 Å². The van der Waals surface area contributed by atoms with Crippen molar-refractivity contribution < 1.29 is 0 Å². The van der Waals surface area contributed by atoms with Gasteiger partial charge in [0.05, 0.1) is 0 Å². The molecule has 0 aliphatic carbocycles. The zero-order valence-corrected chi connectivity index (χ0v) is 10.6. The topological polar surface area (TPSA) is 0 Å². The highest BCUT2D eigenvalue weighted by molar-refractivity contribution is 6.17. The lowest BCUT2D eigenvalue weighted by Gasteiger charge is -1.91. The van der Waals surface area contributed by atoms with Gasteiger partial charge in [0.15, 0.2) is 0 Å². The van der Waals surface area contributed by atoms with Gasteiger partial charge in [-0.2, -0.15) is 0 Å². The standard InChI is InChI=1S/C9H10.C7H7Cl/c1-2-6-9-7-4-3-5-8-9;8-6-7-4-2-1-3-5-7/h2-5,7-8H,1,6H2;1-5H,6H2. The maximum Gasteiger partial charge on any atom is 0.0474 e. The van der Waals surface area contributed by atoms with Crippen LogP contribution in [0.4, 0.5) is 0 Å². The lowest BCUT2D eigenvalue weighted by Crippen LogP contribution is -1.75. The number of alkyl halides is 1. The van der Waals surface area contributed by atoms with E-state index in [1.165, 1.54) is 11.1 Å². The average Bonchev–Trinajstić information content (AvgIpc) is 2.42. The highest BCUT2D eigenvalue weighted by atomic mass is 35.5. The third-order valence-electron chi connectivity index (χ3n) is 2.22. The molecule has 2 aromatic rings. The average molecular weight is 245 g/mol. The van der Waals surface area contributed by atoms with Crippen LogP contribution >= 0.6 is 11.6 Å². The van der Waals surface area contributed by atoms with Crippen LogP contribution in [0.15, 0.2) is 73.3 Å². The normalized spacial score (nSPS) is 9.00. The Kier molecular flexibility index (Phi) is 6.85. The van der Waals surface area contributed by atoms with E-state index in [1.807, 2.05) is 54.6 Å². The largest absolute Gasteiger partial charge is 0.122 e. The Morgan fingerprint density at radius 2 is 1.29 bits per heavy atom. The van der Waals surface area contributed by atoms with Crippen LogP contribution in [-0.2, 0) is 12.3 Å². The predicted octanol–water partition coefficient (Wildman–Crippen LogP) is 4.84. The minimum Gasteiger partial charge on any atom is -0.122 e. The molecule has 0 spiro atoms. The summed E-state index contributed by atoms with van der Waals surface area (Å²) in [6, 6.07) is 20.3. The first-order chi connectivity index (χ1) is 8.36. The second-order valence-electron chi connectivity index (χ2n) is 3.60. The SMILES string of the molecule is C=CCc1ccccc1.ClCc1ccccc1. The molecule has 0 bridgehead atoms. The van der Waals surface area contributed by atoms with Gasteiger partial charge in [0.25, 0.3) is 0 Å². The van der Waals surface area contributed by atoms with Gasteiger partial charge in [-0.15, -0.1) is 18.2 Å². The quantitative estimate of drug-likeness (QED) is 0.535. The van der Waals surface area contributed by atoms with Crippen molar-refractivity contribution in [1.82, 2.24) is 0 Å². The molecule has 0 saturated heterocycles. The minimum atomic E-state index is 0.612. The highest BCUT2D eigenvalue weighted by Crippen LogP contribution is 2.00. The van der Waals surface area contributed by atoms with Crippen LogP contribution in [0.2, 0.25) is 0 Å². The maximum absolute atomic E-state index is 5.53. The molecule has 2 rings (SSSR count). The molecule has 88 valence electrons. The highest BCUT2D eigenvalue weighted by Gasteiger charge is 1.82. The molecule has 0 unspecified atom stereocenters. The van der Waals surface area contributed by atoms with Gasteiger partial charge in [-0.25, -0.2) is 0 Å². The van der Waals surface area contributed by atoms with Gasteiger partial charge in [0.1, 0.15) is 0 Å². The summed E-state index contributed by atoms with van der Waals surface area (Å²) in [5.74, 6) is 0.612. The van der Waals surface area contributed by atoms with Crippen molar-refractivity contribution in [2.75, 3.05) is 0 Å². The fourth-order valence-corrected chi connectivity index (χ4v) is 1.53. The van der Waals surface area contributed by atoms with Crippen LogP contribution in [0.5, 0.6) is 0 Å². The number of rotatable bonds is 3. The molecule has 17 heavy (non-hydrogen) atoms. The second-order valence-corrected chi connectivity index (χ2v) is 3.86. The van der Waals surface area contributed by atoms with Crippen LogP contribution in [0.3, 0.4) is 0 Å². The van der Waals surface area contributed by atoms with Crippen molar-refractivity contribution in [2.24, 2.45) is 0 Å². The molecule has 0 heterocycles. The Labute approximate surface area is 109 Å². The summed E-state index contributed by atoms with van der Waals surface area (Å²) in [5, 5.41) is 0. The molecular weight excluding hydrogens is 228 g/mol. The van der Waals surface area contributed by atoms with Crippen LogP contribution in [0, 0.1) is 0 Å². The van der Waals surface area contributed by atoms with Gasteiger partial charge in [-0.05, 0) is 17.5 Å². The minimum absolute atomic E-state index is 0.612. The zero-order chi connectivity index (χ0) is 12.3. The Balaban J connectivity index is 0.000000171. The summed E-state index contributed by atoms with van der Waals surface area (Å²) in [5.41, 5.74) is 2.50. The molecule has 0 radical (unpaired) electrons. The van der Waals surface area contributed by atoms with Crippen LogP contribution < -0.4 is 0 Å². The van der Waals surface area contributed by atoms with E-state index < -0.39 is 0 Å². The van der Waals surface area contributed by atoms with E-state index >= 15 is 0 Å². The van der Waals surface area contributed by atoms with Gasteiger partial charge >= 0.3 is 0 Å². The van der Waals surface area contributed by atoms with Crippen molar-refractivity contribution in [3.8, 4) is 0 Å². The van der Waals surface area contributed by atoms with E-state index in [1.54, 1.807) is 0 Å². The molecule has 0 amide bonds. The first-order valence-electron chi connectivity index (χ1n) is 5.61. The fourth-order valence-electron chi connectivity index (χ4n) is 1.35. The number of benzene rings is 2. The Hall–Kier alpha value is -1.53. The summed E-state index contributed by atoms with van der Waals surface area (Å²) in [6.07, 6.45) is 2.89. The Bertz CT molecular complexity index is 406. The van der Waals surface area contributed by atoms with Crippen molar-refractivity contribution in [3.63, 3.8) is 0 Å². The monoisotopic (exact) mass is 244 g/mol. The first-order valence-corrected chi connectivity index (χ1v) is 6.15. The smallest absolute Gasteiger partial charge is 0.0474 e. The number of halogens is 1. The molecule has 1 heteroatoms. The van der Waals surface area contributed by atoms with Gasteiger partial charge in [-0.3, -0.25) is 0 Å². The van der Waals surface area contributed by atoms with Crippen LogP contribution in [-0.4, -0.2) is 0 Å². The van der Waals surface area contributed by atoms with E-state index in [9.17, 15) is 0 Å². The van der Waals surface area contributed by atoms with Crippen LogP contribution in [0.1, 0.15) is 11.1 Å². The third-order valence-corrected chi connectivity index (χ3v) is 2.53. The van der Waals surface area contributed by atoms with Gasteiger partial charge in [0, 0.05) is 5.88 Å².